The number of hydrogen-bond acceptors (Lipinski definition) is 5. The van der Waals surface area contributed by atoms with Crippen LogP contribution in [0.3, 0.4) is 0 Å². The van der Waals surface area contributed by atoms with E-state index in [2.05, 4.69) is 0 Å². The zero-order valence-corrected chi connectivity index (χ0v) is 13.6. The van der Waals surface area contributed by atoms with Crippen molar-refractivity contribution in [1.82, 2.24) is 9.21 Å². The van der Waals surface area contributed by atoms with Crippen LogP contribution in [0.5, 0.6) is 11.5 Å². The van der Waals surface area contributed by atoms with Crippen molar-refractivity contribution in [1.29, 1.82) is 0 Å². The van der Waals surface area contributed by atoms with E-state index in [-0.39, 0.29) is 31.1 Å². The Bertz CT molecular complexity index is 700. The van der Waals surface area contributed by atoms with Crippen molar-refractivity contribution in [2.75, 3.05) is 45.9 Å². The Hall–Kier alpha value is -1.52. The van der Waals surface area contributed by atoms with Gasteiger partial charge in [-0.2, -0.15) is 17.5 Å². The third-order valence-corrected chi connectivity index (χ3v) is 5.78. The molecular weight excluding hydrogens is 349 g/mol. The largest absolute Gasteiger partial charge is 0.486 e. The zero-order valence-electron chi connectivity index (χ0n) is 12.8. The summed E-state index contributed by atoms with van der Waals surface area (Å²) < 4.78 is 74.4. The quantitative estimate of drug-likeness (QED) is 0.808. The highest BCUT2D eigenvalue weighted by molar-refractivity contribution is 7.89. The average Bonchev–Trinajstić information content (AvgIpc) is 2.53. The minimum Gasteiger partial charge on any atom is -0.486 e. The van der Waals surface area contributed by atoms with Gasteiger partial charge in [-0.3, -0.25) is 4.90 Å². The van der Waals surface area contributed by atoms with Crippen molar-refractivity contribution < 1.29 is 31.1 Å². The van der Waals surface area contributed by atoms with E-state index in [1.807, 2.05) is 0 Å². The van der Waals surface area contributed by atoms with Crippen LogP contribution in [-0.4, -0.2) is 69.7 Å². The Balaban J connectivity index is 1.70. The molecule has 6 nitrogen and oxygen atoms in total. The Morgan fingerprint density at radius 1 is 1.00 bits per heavy atom. The summed E-state index contributed by atoms with van der Waals surface area (Å²) in [5.74, 6) is 0.841. The lowest BCUT2D eigenvalue weighted by atomic mass is 10.3. The summed E-state index contributed by atoms with van der Waals surface area (Å²) in [6.45, 7) is -0.149. The molecule has 24 heavy (non-hydrogen) atoms. The van der Waals surface area contributed by atoms with Gasteiger partial charge >= 0.3 is 6.18 Å². The average molecular weight is 366 g/mol. The monoisotopic (exact) mass is 366 g/mol. The number of nitrogens with zero attached hydrogens (tertiary/aromatic N) is 2. The number of halogens is 3. The normalized spacial score (nSPS) is 20.1. The maximum absolute atomic E-state index is 12.7. The third kappa shape index (κ3) is 3.76. The van der Waals surface area contributed by atoms with Crippen LogP contribution in [-0.2, 0) is 10.0 Å². The number of benzene rings is 1. The van der Waals surface area contributed by atoms with Crippen LogP contribution in [0, 0.1) is 0 Å². The van der Waals surface area contributed by atoms with Crippen LogP contribution in [0.15, 0.2) is 23.1 Å². The second kappa shape index (κ2) is 6.41. The van der Waals surface area contributed by atoms with Gasteiger partial charge < -0.3 is 9.47 Å². The molecule has 0 radical (unpaired) electrons. The van der Waals surface area contributed by atoms with Crippen LogP contribution in [0.1, 0.15) is 0 Å². The number of rotatable bonds is 3. The molecule has 0 spiro atoms. The van der Waals surface area contributed by atoms with Crippen LogP contribution in [0.2, 0.25) is 0 Å². The molecule has 0 atom stereocenters. The van der Waals surface area contributed by atoms with Crippen LogP contribution < -0.4 is 9.47 Å². The molecule has 3 rings (SSSR count). The molecule has 1 fully saturated rings. The number of sulfonamides is 1. The summed E-state index contributed by atoms with van der Waals surface area (Å²) in [4.78, 5) is 1.26. The van der Waals surface area contributed by atoms with Gasteiger partial charge in [0.05, 0.1) is 11.4 Å². The van der Waals surface area contributed by atoms with E-state index in [0.29, 0.717) is 24.7 Å². The molecule has 1 saturated heterocycles. The van der Waals surface area contributed by atoms with Crippen LogP contribution in [0.25, 0.3) is 0 Å². The Morgan fingerprint density at radius 2 is 1.62 bits per heavy atom. The van der Waals surface area contributed by atoms with Crippen molar-refractivity contribution in [2.24, 2.45) is 0 Å². The van der Waals surface area contributed by atoms with Gasteiger partial charge in [0, 0.05) is 32.2 Å². The smallest absolute Gasteiger partial charge is 0.401 e. The molecule has 10 heteroatoms. The van der Waals surface area contributed by atoms with E-state index in [1.54, 1.807) is 0 Å². The molecular formula is C14H17F3N2O4S. The number of piperazine rings is 1. The van der Waals surface area contributed by atoms with Gasteiger partial charge in [-0.1, -0.05) is 0 Å². The van der Waals surface area contributed by atoms with E-state index in [9.17, 15) is 21.6 Å². The number of fused-ring (bicyclic) bond motifs is 1. The summed E-state index contributed by atoms with van der Waals surface area (Å²) in [7, 11) is -3.77. The summed E-state index contributed by atoms with van der Waals surface area (Å²) in [5.41, 5.74) is 0. The molecule has 1 aromatic carbocycles. The molecule has 0 amide bonds. The fourth-order valence-electron chi connectivity index (χ4n) is 2.71. The lowest BCUT2D eigenvalue weighted by Crippen LogP contribution is -2.50. The Kier molecular flexibility index (Phi) is 4.63. The Morgan fingerprint density at radius 3 is 2.25 bits per heavy atom. The standard InChI is InChI=1S/C14H17F3N2O4S/c15-14(16,17)10-18-3-5-19(6-4-18)24(20,21)11-1-2-12-13(9-11)23-8-7-22-12/h1-2,9H,3-8,10H2. The lowest BCUT2D eigenvalue weighted by molar-refractivity contribution is -0.148. The third-order valence-electron chi connectivity index (χ3n) is 3.89. The summed E-state index contributed by atoms with van der Waals surface area (Å²) in [5, 5.41) is 0. The minimum atomic E-state index is -4.28. The highest BCUT2D eigenvalue weighted by atomic mass is 32.2. The van der Waals surface area contributed by atoms with Gasteiger partial charge in [-0.25, -0.2) is 8.42 Å². The first-order valence-corrected chi connectivity index (χ1v) is 8.89. The first-order valence-electron chi connectivity index (χ1n) is 7.45. The maximum atomic E-state index is 12.7. The van der Waals surface area contributed by atoms with Crippen molar-refractivity contribution in [3.63, 3.8) is 0 Å². The maximum Gasteiger partial charge on any atom is 0.401 e. The molecule has 0 saturated carbocycles. The fourth-order valence-corrected chi connectivity index (χ4v) is 4.15. The van der Waals surface area contributed by atoms with Crippen LogP contribution >= 0.6 is 0 Å². The molecule has 134 valence electrons. The van der Waals surface area contributed by atoms with Gasteiger partial charge in [0.15, 0.2) is 11.5 Å². The molecule has 0 aromatic heterocycles. The van der Waals surface area contributed by atoms with Gasteiger partial charge in [0.25, 0.3) is 0 Å². The van der Waals surface area contributed by atoms with Gasteiger partial charge in [0.1, 0.15) is 13.2 Å². The summed E-state index contributed by atoms with van der Waals surface area (Å²) in [6, 6.07) is 4.35. The number of hydrogen-bond donors (Lipinski definition) is 0. The highest BCUT2D eigenvalue weighted by Crippen LogP contribution is 2.33. The van der Waals surface area contributed by atoms with Crippen LogP contribution in [0.4, 0.5) is 13.2 Å². The minimum absolute atomic E-state index is 0.0207. The van der Waals surface area contributed by atoms with E-state index < -0.39 is 22.7 Å². The molecule has 1 aromatic rings. The second-order valence-electron chi connectivity index (χ2n) is 5.60. The summed E-state index contributed by atoms with van der Waals surface area (Å²) >= 11 is 0. The predicted octanol–water partition coefficient (Wildman–Crippen LogP) is 1.33. The second-order valence-corrected chi connectivity index (χ2v) is 7.54. The SMILES string of the molecule is O=S(=O)(c1ccc2c(c1)OCCO2)N1CCN(CC(F)(F)F)CC1. The molecule has 2 heterocycles. The Labute approximate surface area is 137 Å². The molecule has 0 N–H and O–H groups in total. The number of alkyl halides is 3. The lowest BCUT2D eigenvalue weighted by Gasteiger charge is -2.34. The van der Waals surface area contributed by atoms with Gasteiger partial charge in [-0.05, 0) is 12.1 Å². The molecule has 0 bridgehead atoms. The summed E-state index contributed by atoms with van der Waals surface area (Å²) in [6.07, 6.45) is -4.28. The molecule has 0 unspecified atom stereocenters. The first-order chi connectivity index (χ1) is 11.3. The van der Waals surface area contributed by atoms with Gasteiger partial charge in [-0.15, -0.1) is 0 Å². The van der Waals surface area contributed by atoms with E-state index in [1.165, 1.54) is 27.4 Å². The zero-order chi connectivity index (χ0) is 17.4. The topological polar surface area (TPSA) is 59.1 Å². The van der Waals surface area contributed by atoms with E-state index >= 15 is 0 Å². The highest BCUT2D eigenvalue weighted by Gasteiger charge is 2.35. The first kappa shape index (κ1) is 17.3. The number of ether oxygens (including phenoxy) is 2. The van der Waals surface area contributed by atoms with E-state index in [0.717, 1.165) is 0 Å². The van der Waals surface area contributed by atoms with Crippen molar-refractivity contribution >= 4 is 10.0 Å². The molecule has 0 aliphatic carbocycles. The van der Waals surface area contributed by atoms with Crippen molar-refractivity contribution in [3.05, 3.63) is 18.2 Å². The van der Waals surface area contributed by atoms with Crippen molar-refractivity contribution in [2.45, 2.75) is 11.1 Å². The molecule has 2 aliphatic heterocycles. The predicted molar refractivity (Wildman–Crippen MR) is 78.7 cm³/mol. The molecule has 2 aliphatic rings. The van der Waals surface area contributed by atoms with Crippen molar-refractivity contribution in [3.8, 4) is 11.5 Å². The fraction of sp³-hybridized carbons (Fsp3) is 0.571. The van der Waals surface area contributed by atoms with Gasteiger partial charge in [0.2, 0.25) is 10.0 Å². The van der Waals surface area contributed by atoms with E-state index in [4.69, 9.17) is 9.47 Å².